The highest BCUT2D eigenvalue weighted by Gasteiger charge is 2.11. The zero-order chi connectivity index (χ0) is 11.7. The van der Waals surface area contributed by atoms with Crippen molar-refractivity contribution in [3.8, 4) is 0 Å². The third-order valence-electron chi connectivity index (χ3n) is 2.23. The quantitative estimate of drug-likeness (QED) is 0.649. The molecule has 0 radical (unpaired) electrons. The Balaban J connectivity index is 4.04. The lowest BCUT2D eigenvalue weighted by Crippen LogP contribution is -2.34. The van der Waals surface area contributed by atoms with E-state index in [1.54, 1.807) is 0 Å². The lowest BCUT2D eigenvalue weighted by atomic mass is 10.2. The van der Waals surface area contributed by atoms with Crippen molar-refractivity contribution in [1.82, 2.24) is 4.90 Å². The number of carbonyl (C=O) groups is 1. The molecule has 0 saturated heterocycles. The second-order valence-corrected chi connectivity index (χ2v) is 4.23. The van der Waals surface area contributed by atoms with Crippen LogP contribution in [0.25, 0.3) is 0 Å². The van der Waals surface area contributed by atoms with Crippen LogP contribution in [0.3, 0.4) is 0 Å². The van der Waals surface area contributed by atoms with Crippen LogP contribution in [-0.4, -0.2) is 28.9 Å². The van der Waals surface area contributed by atoms with Crippen molar-refractivity contribution >= 4 is 23.1 Å². The summed E-state index contributed by atoms with van der Waals surface area (Å²) < 4.78 is 0. The van der Waals surface area contributed by atoms with Crippen LogP contribution in [0.4, 0.5) is 0 Å². The molecule has 0 unspecified atom stereocenters. The van der Waals surface area contributed by atoms with Gasteiger partial charge in [0.1, 0.15) is 0 Å². The summed E-state index contributed by atoms with van der Waals surface area (Å²) in [6.07, 6.45) is 4.31. The summed E-state index contributed by atoms with van der Waals surface area (Å²) in [5.74, 6) is 0.224. The predicted molar refractivity (Wildman–Crippen MR) is 67.8 cm³/mol. The Morgan fingerprint density at radius 3 is 2.33 bits per heavy atom. The third kappa shape index (κ3) is 7.31. The molecule has 0 fully saturated rings. The summed E-state index contributed by atoms with van der Waals surface area (Å²) in [4.78, 5) is 14.1. The predicted octanol–water partition coefficient (Wildman–Crippen LogP) is 2.09. The lowest BCUT2D eigenvalue weighted by Gasteiger charge is -2.22. The van der Waals surface area contributed by atoms with Gasteiger partial charge in [-0.1, -0.05) is 32.5 Å². The molecule has 0 spiro atoms. The van der Waals surface area contributed by atoms with Crippen molar-refractivity contribution in [3.63, 3.8) is 0 Å². The number of hydrogen-bond acceptors (Lipinski definition) is 2. The molecule has 0 aliphatic carbocycles. The topological polar surface area (TPSA) is 46.3 Å². The van der Waals surface area contributed by atoms with Gasteiger partial charge in [0, 0.05) is 25.9 Å². The van der Waals surface area contributed by atoms with Gasteiger partial charge in [0.05, 0.1) is 4.99 Å². The van der Waals surface area contributed by atoms with Crippen LogP contribution in [0.15, 0.2) is 0 Å². The van der Waals surface area contributed by atoms with Crippen molar-refractivity contribution in [2.75, 3.05) is 13.1 Å². The Labute approximate surface area is 98.0 Å². The third-order valence-corrected chi connectivity index (χ3v) is 2.43. The van der Waals surface area contributed by atoms with Crippen molar-refractivity contribution in [2.45, 2.75) is 46.0 Å². The molecule has 1 amide bonds. The number of amides is 1. The Morgan fingerprint density at radius 2 is 1.87 bits per heavy atom. The number of unbranched alkanes of at least 4 members (excludes halogenated alkanes) is 1. The molecule has 0 heterocycles. The summed E-state index contributed by atoms with van der Waals surface area (Å²) in [5, 5.41) is 0. The average molecular weight is 230 g/mol. The first-order valence-corrected chi connectivity index (χ1v) is 6.08. The van der Waals surface area contributed by atoms with Gasteiger partial charge >= 0.3 is 0 Å². The molecular weight excluding hydrogens is 208 g/mol. The maximum atomic E-state index is 11.7. The van der Waals surface area contributed by atoms with E-state index < -0.39 is 0 Å². The molecule has 0 aromatic heterocycles. The number of carbonyl (C=O) groups excluding carboxylic acids is 1. The molecule has 3 nitrogen and oxygen atoms in total. The van der Waals surface area contributed by atoms with E-state index >= 15 is 0 Å². The minimum atomic E-state index is 0.224. The molecular formula is C11H22N2OS. The zero-order valence-corrected chi connectivity index (χ0v) is 10.6. The Morgan fingerprint density at radius 1 is 1.20 bits per heavy atom. The number of nitrogens with two attached hydrogens (primary N) is 1. The highest BCUT2D eigenvalue weighted by atomic mass is 32.1. The smallest absolute Gasteiger partial charge is 0.222 e. The van der Waals surface area contributed by atoms with Crippen LogP contribution in [0.2, 0.25) is 0 Å². The summed E-state index contributed by atoms with van der Waals surface area (Å²) in [7, 11) is 0. The summed E-state index contributed by atoms with van der Waals surface area (Å²) in [6.45, 7) is 5.64. The van der Waals surface area contributed by atoms with Crippen molar-refractivity contribution in [3.05, 3.63) is 0 Å². The number of thiocarbonyl (C=S) groups is 1. The number of hydrogen-bond donors (Lipinski definition) is 1. The molecule has 88 valence electrons. The van der Waals surface area contributed by atoms with Crippen LogP contribution in [-0.2, 0) is 4.79 Å². The first-order valence-electron chi connectivity index (χ1n) is 5.67. The fourth-order valence-electron chi connectivity index (χ4n) is 1.33. The summed E-state index contributed by atoms with van der Waals surface area (Å²) >= 11 is 4.82. The maximum Gasteiger partial charge on any atom is 0.222 e. The van der Waals surface area contributed by atoms with E-state index in [4.69, 9.17) is 18.0 Å². The van der Waals surface area contributed by atoms with Crippen LogP contribution >= 0.6 is 12.2 Å². The van der Waals surface area contributed by atoms with Crippen molar-refractivity contribution in [2.24, 2.45) is 5.73 Å². The number of rotatable bonds is 8. The van der Waals surface area contributed by atoms with Gasteiger partial charge in [-0.15, -0.1) is 0 Å². The largest absolute Gasteiger partial charge is 0.393 e. The minimum absolute atomic E-state index is 0.224. The zero-order valence-electron chi connectivity index (χ0n) is 9.79. The van der Waals surface area contributed by atoms with Crippen molar-refractivity contribution in [1.29, 1.82) is 0 Å². The van der Waals surface area contributed by atoms with E-state index in [9.17, 15) is 4.79 Å². The Bertz CT molecular complexity index is 207. The van der Waals surface area contributed by atoms with Gasteiger partial charge in [-0.25, -0.2) is 0 Å². The number of nitrogens with zero attached hydrogens (tertiary/aromatic N) is 1. The Hall–Kier alpha value is -0.640. The highest BCUT2D eigenvalue weighted by molar-refractivity contribution is 7.80. The second-order valence-electron chi connectivity index (χ2n) is 3.70. The van der Waals surface area contributed by atoms with Crippen LogP contribution in [0.5, 0.6) is 0 Å². The molecule has 0 aliphatic rings. The van der Waals surface area contributed by atoms with Gasteiger partial charge in [-0.05, 0) is 12.8 Å². The SMILES string of the molecule is CCCCN(CCC(N)=S)C(=O)CCC. The van der Waals surface area contributed by atoms with E-state index in [0.29, 0.717) is 24.4 Å². The molecule has 0 rings (SSSR count). The monoisotopic (exact) mass is 230 g/mol. The molecule has 0 bridgehead atoms. The Kier molecular flexibility index (Phi) is 8.28. The van der Waals surface area contributed by atoms with Gasteiger partial charge in [-0.2, -0.15) is 0 Å². The molecule has 0 aliphatic heterocycles. The van der Waals surface area contributed by atoms with Gasteiger partial charge in [0.2, 0.25) is 5.91 Å². The molecule has 15 heavy (non-hydrogen) atoms. The van der Waals surface area contributed by atoms with E-state index in [0.717, 1.165) is 25.8 Å². The van der Waals surface area contributed by atoms with E-state index in [1.807, 2.05) is 11.8 Å². The standard InChI is InChI=1S/C11H22N2OS/c1-3-5-8-13(9-7-10(12)15)11(14)6-4-2/h3-9H2,1-2H3,(H2,12,15). The van der Waals surface area contributed by atoms with E-state index in [2.05, 4.69) is 6.92 Å². The highest BCUT2D eigenvalue weighted by Crippen LogP contribution is 2.02. The van der Waals surface area contributed by atoms with Crippen LogP contribution in [0, 0.1) is 0 Å². The lowest BCUT2D eigenvalue weighted by molar-refractivity contribution is -0.131. The van der Waals surface area contributed by atoms with Gasteiger partial charge < -0.3 is 10.6 Å². The van der Waals surface area contributed by atoms with Crippen molar-refractivity contribution < 1.29 is 4.79 Å². The van der Waals surface area contributed by atoms with Gasteiger partial charge in [0.15, 0.2) is 0 Å². The van der Waals surface area contributed by atoms with Gasteiger partial charge in [0.25, 0.3) is 0 Å². The van der Waals surface area contributed by atoms with E-state index in [-0.39, 0.29) is 5.91 Å². The summed E-state index contributed by atoms with van der Waals surface area (Å²) in [6, 6.07) is 0. The average Bonchev–Trinajstić information content (AvgIpc) is 2.17. The molecule has 0 saturated carbocycles. The maximum absolute atomic E-state index is 11.7. The fraction of sp³-hybridized carbons (Fsp3) is 0.818. The summed E-state index contributed by atoms with van der Waals surface area (Å²) in [5.41, 5.74) is 5.44. The molecule has 0 aromatic rings. The first kappa shape index (κ1) is 14.4. The molecule has 4 heteroatoms. The normalized spacial score (nSPS) is 10.0. The molecule has 2 N–H and O–H groups in total. The van der Waals surface area contributed by atoms with Crippen LogP contribution < -0.4 is 5.73 Å². The fourth-order valence-corrected chi connectivity index (χ4v) is 1.42. The molecule has 0 atom stereocenters. The first-order chi connectivity index (χ1) is 7.11. The minimum Gasteiger partial charge on any atom is -0.393 e. The molecule has 0 aromatic carbocycles. The van der Waals surface area contributed by atoms with Gasteiger partial charge in [-0.3, -0.25) is 4.79 Å². The second kappa shape index (κ2) is 8.65. The van der Waals surface area contributed by atoms with E-state index in [1.165, 1.54) is 0 Å². The van der Waals surface area contributed by atoms with Crippen LogP contribution in [0.1, 0.15) is 46.0 Å².